The van der Waals surface area contributed by atoms with Crippen LogP contribution >= 0.6 is 22.9 Å². The second-order valence-corrected chi connectivity index (χ2v) is 5.90. The van der Waals surface area contributed by atoms with Gasteiger partial charge in [0.25, 0.3) is 0 Å². The number of halogens is 1. The van der Waals surface area contributed by atoms with Crippen molar-refractivity contribution in [2.45, 2.75) is 19.3 Å². The molecule has 0 bridgehead atoms. The fourth-order valence-electron chi connectivity index (χ4n) is 2.38. The number of aromatic nitrogens is 4. The van der Waals surface area contributed by atoms with Crippen LogP contribution < -0.4 is 0 Å². The van der Waals surface area contributed by atoms with Crippen LogP contribution in [0.1, 0.15) is 16.9 Å². The highest BCUT2D eigenvalue weighted by Crippen LogP contribution is 2.35. The predicted molar refractivity (Wildman–Crippen MR) is 71.1 cm³/mol. The van der Waals surface area contributed by atoms with Gasteiger partial charge in [-0.05, 0) is 30.9 Å². The number of rotatable bonds is 1. The zero-order valence-electron chi connectivity index (χ0n) is 9.43. The van der Waals surface area contributed by atoms with E-state index in [4.69, 9.17) is 11.6 Å². The summed E-state index contributed by atoms with van der Waals surface area (Å²) in [5.41, 5.74) is 2.20. The molecular weight excluding hydrogens is 268 g/mol. The molecule has 90 valence electrons. The third-order valence-corrected chi connectivity index (χ3v) is 4.67. The normalized spacial score (nSPS) is 14.3. The molecule has 0 N–H and O–H groups in total. The summed E-state index contributed by atoms with van der Waals surface area (Å²) < 4.78 is 1.88. The predicted octanol–water partition coefficient (Wildman–Crippen LogP) is 2.99. The monoisotopic (exact) mass is 276 g/mol. The first-order chi connectivity index (χ1) is 8.81. The number of hydrogen-bond acceptors (Lipinski definition) is 4. The summed E-state index contributed by atoms with van der Waals surface area (Å²) >= 11 is 7.66. The Bertz CT molecular complexity index is 724. The number of nitrogens with zero attached hydrogens (tertiary/aromatic N) is 4. The van der Waals surface area contributed by atoms with Gasteiger partial charge in [-0.3, -0.25) is 4.40 Å². The summed E-state index contributed by atoms with van der Waals surface area (Å²) in [6.07, 6.45) is 5.34. The third kappa shape index (κ3) is 1.47. The van der Waals surface area contributed by atoms with E-state index in [-0.39, 0.29) is 0 Å². The van der Waals surface area contributed by atoms with E-state index in [9.17, 15) is 0 Å². The van der Waals surface area contributed by atoms with Crippen LogP contribution in [-0.2, 0) is 12.8 Å². The molecule has 3 aromatic rings. The van der Waals surface area contributed by atoms with Crippen molar-refractivity contribution in [3.63, 3.8) is 0 Å². The van der Waals surface area contributed by atoms with Crippen LogP contribution in [0.4, 0.5) is 0 Å². The molecule has 18 heavy (non-hydrogen) atoms. The molecule has 1 aliphatic rings. The van der Waals surface area contributed by atoms with Gasteiger partial charge in [0.05, 0.1) is 4.88 Å². The minimum Gasteiger partial charge on any atom is -0.264 e. The largest absolute Gasteiger partial charge is 0.264 e. The Labute approximate surface area is 112 Å². The maximum Gasteiger partial charge on any atom is 0.179 e. The SMILES string of the molecule is Clc1cc2nnc(-c3cc4c(s3)CCC4)n2cn1. The molecule has 4 nitrogen and oxygen atoms in total. The molecule has 0 spiro atoms. The number of aryl methyl sites for hydroxylation is 2. The van der Waals surface area contributed by atoms with Crippen LogP contribution in [0.2, 0.25) is 5.15 Å². The highest BCUT2D eigenvalue weighted by atomic mass is 35.5. The maximum atomic E-state index is 5.85. The van der Waals surface area contributed by atoms with E-state index in [1.165, 1.54) is 29.7 Å². The average molecular weight is 277 g/mol. The second-order valence-electron chi connectivity index (χ2n) is 4.38. The van der Waals surface area contributed by atoms with E-state index in [1.54, 1.807) is 12.4 Å². The number of fused-ring (bicyclic) bond motifs is 2. The van der Waals surface area contributed by atoms with E-state index in [0.29, 0.717) is 5.15 Å². The summed E-state index contributed by atoms with van der Waals surface area (Å²) in [4.78, 5) is 6.73. The minimum absolute atomic E-state index is 0.440. The maximum absolute atomic E-state index is 5.85. The van der Waals surface area contributed by atoms with E-state index < -0.39 is 0 Å². The van der Waals surface area contributed by atoms with E-state index >= 15 is 0 Å². The van der Waals surface area contributed by atoms with Gasteiger partial charge < -0.3 is 0 Å². The minimum atomic E-state index is 0.440. The average Bonchev–Trinajstić information content (AvgIpc) is 2.98. The van der Waals surface area contributed by atoms with Gasteiger partial charge in [-0.1, -0.05) is 11.6 Å². The van der Waals surface area contributed by atoms with Crippen LogP contribution in [-0.4, -0.2) is 19.6 Å². The van der Waals surface area contributed by atoms with Gasteiger partial charge in [-0.2, -0.15) is 0 Å². The van der Waals surface area contributed by atoms with Gasteiger partial charge in [0, 0.05) is 10.9 Å². The van der Waals surface area contributed by atoms with Crippen molar-refractivity contribution in [3.05, 3.63) is 34.1 Å². The molecule has 0 saturated carbocycles. The smallest absolute Gasteiger partial charge is 0.179 e. The Morgan fingerprint density at radius 1 is 1.22 bits per heavy atom. The van der Waals surface area contributed by atoms with Crippen molar-refractivity contribution in [2.24, 2.45) is 0 Å². The van der Waals surface area contributed by atoms with Gasteiger partial charge in [-0.25, -0.2) is 4.98 Å². The Morgan fingerprint density at radius 2 is 2.17 bits per heavy atom. The van der Waals surface area contributed by atoms with Crippen LogP contribution in [0.5, 0.6) is 0 Å². The van der Waals surface area contributed by atoms with E-state index in [2.05, 4.69) is 21.2 Å². The Morgan fingerprint density at radius 3 is 3.06 bits per heavy atom. The van der Waals surface area contributed by atoms with Gasteiger partial charge >= 0.3 is 0 Å². The molecule has 0 radical (unpaired) electrons. The lowest BCUT2D eigenvalue weighted by atomic mass is 10.2. The molecule has 4 rings (SSSR count). The fourth-order valence-corrected chi connectivity index (χ4v) is 3.76. The molecule has 0 aliphatic heterocycles. The lowest BCUT2D eigenvalue weighted by Crippen LogP contribution is -1.89. The third-order valence-electron chi connectivity index (χ3n) is 3.23. The van der Waals surface area contributed by atoms with E-state index in [1.807, 2.05) is 15.7 Å². The van der Waals surface area contributed by atoms with Gasteiger partial charge in [0.15, 0.2) is 11.5 Å². The van der Waals surface area contributed by atoms with Crippen molar-refractivity contribution in [1.29, 1.82) is 0 Å². The van der Waals surface area contributed by atoms with Crippen molar-refractivity contribution >= 4 is 28.6 Å². The fraction of sp³-hybridized carbons (Fsp3) is 0.250. The van der Waals surface area contributed by atoms with Crippen molar-refractivity contribution in [3.8, 4) is 10.7 Å². The van der Waals surface area contributed by atoms with Crippen LogP contribution in [0.3, 0.4) is 0 Å². The number of hydrogen-bond donors (Lipinski definition) is 0. The van der Waals surface area contributed by atoms with Crippen molar-refractivity contribution in [2.75, 3.05) is 0 Å². The summed E-state index contributed by atoms with van der Waals surface area (Å²) in [6, 6.07) is 3.96. The summed E-state index contributed by atoms with van der Waals surface area (Å²) in [7, 11) is 0. The molecule has 1 aliphatic carbocycles. The topological polar surface area (TPSA) is 43.1 Å². The second kappa shape index (κ2) is 3.76. The standard InChI is InChI=1S/C12H9ClN4S/c13-10-5-11-15-16-12(17(11)6-14-10)9-4-7-2-1-3-8(7)18-9/h4-6H,1-3H2. The highest BCUT2D eigenvalue weighted by molar-refractivity contribution is 7.15. The van der Waals surface area contributed by atoms with Gasteiger partial charge in [-0.15, -0.1) is 21.5 Å². The molecule has 0 fully saturated rings. The Balaban J connectivity index is 1.91. The molecule has 6 heteroatoms. The molecule has 0 unspecified atom stereocenters. The summed E-state index contributed by atoms with van der Waals surface area (Å²) in [5.74, 6) is 0.855. The molecule has 0 saturated heterocycles. The summed E-state index contributed by atoms with van der Waals surface area (Å²) in [5, 5.41) is 8.82. The molecule has 0 aromatic carbocycles. The summed E-state index contributed by atoms with van der Waals surface area (Å²) in [6.45, 7) is 0. The van der Waals surface area contributed by atoms with Crippen LogP contribution in [0.25, 0.3) is 16.3 Å². The first kappa shape index (κ1) is 10.5. The van der Waals surface area contributed by atoms with Crippen LogP contribution in [0, 0.1) is 0 Å². The van der Waals surface area contributed by atoms with Crippen molar-refractivity contribution < 1.29 is 0 Å². The molecule has 3 heterocycles. The Kier molecular flexibility index (Phi) is 2.19. The highest BCUT2D eigenvalue weighted by Gasteiger charge is 2.18. The Hall–Kier alpha value is -1.46. The van der Waals surface area contributed by atoms with Gasteiger partial charge in [0.1, 0.15) is 11.5 Å². The van der Waals surface area contributed by atoms with Crippen LogP contribution in [0.15, 0.2) is 18.5 Å². The zero-order valence-corrected chi connectivity index (χ0v) is 11.0. The molecule has 3 aromatic heterocycles. The molecule has 0 atom stereocenters. The number of thiophene rings is 1. The zero-order chi connectivity index (χ0) is 12.1. The van der Waals surface area contributed by atoms with E-state index in [0.717, 1.165) is 16.3 Å². The lowest BCUT2D eigenvalue weighted by Gasteiger charge is -1.96. The first-order valence-electron chi connectivity index (χ1n) is 5.79. The molecular formula is C12H9ClN4S. The van der Waals surface area contributed by atoms with Crippen molar-refractivity contribution in [1.82, 2.24) is 19.6 Å². The van der Waals surface area contributed by atoms with Gasteiger partial charge in [0.2, 0.25) is 0 Å². The lowest BCUT2D eigenvalue weighted by molar-refractivity contribution is 0.914. The quantitative estimate of drug-likeness (QED) is 0.642. The first-order valence-corrected chi connectivity index (χ1v) is 6.99. The molecule has 0 amide bonds.